The molecule has 0 aliphatic carbocycles. The summed E-state index contributed by atoms with van der Waals surface area (Å²) in [6, 6.07) is 6.56. The lowest BCUT2D eigenvalue weighted by Gasteiger charge is -2.07. The van der Waals surface area contributed by atoms with E-state index in [0.29, 0.717) is 17.8 Å². The molecule has 0 radical (unpaired) electrons. The van der Waals surface area contributed by atoms with Gasteiger partial charge in [-0.3, -0.25) is 9.59 Å². The highest BCUT2D eigenvalue weighted by Gasteiger charge is 2.10. The van der Waals surface area contributed by atoms with Gasteiger partial charge in [-0.1, -0.05) is 43.0 Å². The molecule has 0 aliphatic rings. The van der Waals surface area contributed by atoms with Crippen LogP contribution in [0.5, 0.6) is 0 Å². The summed E-state index contributed by atoms with van der Waals surface area (Å²) in [5.74, 6) is -0.137. The second kappa shape index (κ2) is 8.13. The monoisotopic (exact) mass is 353 g/mol. The molecule has 0 fully saturated rings. The summed E-state index contributed by atoms with van der Waals surface area (Å²) in [7, 11) is 0. The molecule has 0 atom stereocenters. The van der Waals surface area contributed by atoms with E-state index in [2.05, 4.69) is 17.3 Å². The first-order valence-electron chi connectivity index (χ1n) is 7.36. The van der Waals surface area contributed by atoms with Crippen LogP contribution < -0.4 is 10.9 Å². The van der Waals surface area contributed by atoms with Crippen LogP contribution in [0.3, 0.4) is 0 Å². The zero-order valence-electron chi connectivity index (χ0n) is 12.7. The van der Waals surface area contributed by atoms with E-state index in [1.807, 2.05) is 0 Å². The Labute approximate surface area is 144 Å². The normalized spacial score (nSPS) is 10.6. The first kappa shape index (κ1) is 17.5. The summed E-state index contributed by atoms with van der Waals surface area (Å²) in [4.78, 5) is 24.0. The van der Waals surface area contributed by atoms with E-state index in [0.717, 1.165) is 23.9 Å². The first-order valence-corrected chi connectivity index (χ1v) is 8.12. The maximum atomic E-state index is 12.0. The van der Waals surface area contributed by atoms with Crippen molar-refractivity contribution >= 4 is 29.1 Å². The van der Waals surface area contributed by atoms with Gasteiger partial charge in [0.15, 0.2) is 0 Å². The number of nitrogens with one attached hydrogen (secondary N) is 1. The summed E-state index contributed by atoms with van der Waals surface area (Å²) in [6.07, 6.45) is 4.46. The van der Waals surface area contributed by atoms with E-state index in [4.69, 9.17) is 23.2 Å². The minimum atomic E-state index is -0.504. The van der Waals surface area contributed by atoms with Crippen molar-refractivity contribution in [1.29, 1.82) is 0 Å². The zero-order chi connectivity index (χ0) is 16.8. The van der Waals surface area contributed by atoms with E-state index in [-0.39, 0.29) is 16.0 Å². The smallest absolute Gasteiger partial charge is 0.291 e. The average molecular weight is 354 g/mol. The van der Waals surface area contributed by atoms with Crippen molar-refractivity contribution in [2.75, 3.05) is 6.54 Å². The van der Waals surface area contributed by atoms with Crippen molar-refractivity contribution in [3.63, 3.8) is 0 Å². The number of carbonyl (C=O) groups excluding carboxylic acids is 1. The summed E-state index contributed by atoms with van der Waals surface area (Å²) in [5, 5.41) is 6.82. The molecule has 0 saturated heterocycles. The Hall–Kier alpha value is -1.85. The van der Waals surface area contributed by atoms with Crippen LogP contribution in [0.4, 0.5) is 0 Å². The van der Waals surface area contributed by atoms with Gasteiger partial charge in [-0.2, -0.15) is 9.78 Å². The van der Waals surface area contributed by atoms with E-state index in [1.165, 1.54) is 6.20 Å². The second-order valence-corrected chi connectivity index (χ2v) is 5.82. The maximum Gasteiger partial charge on any atom is 0.291 e. The Morgan fingerprint density at radius 3 is 2.57 bits per heavy atom. The number of halogens is 2. The number of rotatable bonds is 6. The molecule has 5 nitrogen and oxygen atoms in total. The Morgan fingerprint density at radius 2 is 1.91 bits per heavy atom. The molecule has 1 aromatic heterocycles. The number of unbranched alkanes of at least 4 members (excludes halogenated alkanes) is 2. The van der Waals surface area contributed by atoms with Gasteiger partial charge in [-0.25, -0.2) is 0 Å². The molecule has 0 unspecified atom stereocenters. The highest BCUT2D eigenvalue weighted by molar-refractivity contribution is 6.41. The largest absolute Gasteiger partial charge is 0.352 e. The third-order valence-corrected chi connectivity index (χ3v) is 4.06. The van der Waals surface area contributed by atoms with Gasteiger partial charge in [-0.15, -0.1) is 0 Å². The van der Waals surface area contributed by atoms with Gasteiger partial charge >= 0.3 is 0 Å². The molecule has 0 bridgehead atoms. The Balaban J connectivity index is 2.12. The third-order valence-electron chi connectivity index (χ3n) is 3.32. The number of carbonyl (C=O) groups is 1. The molecule has 1 aromatic carbocycles. The minimum absolute atomic E-state index is 0.0839. The number of hydrogen-bond donors (Lipinski definition) is 1. The predicted molar refractivity (Wildman–Crippen MR) is 91.7 cm³/mol. The van der Waals surface area contributed by atoms with Crippen LogP contribution in [-0.4, -0.2) is 22.2 Å². The van der Waals surface area contributed by atoms with Crippen LogP contribution >= 0.6 is 23.2 Å². The van der Waals surface area contributed by atoms with Gasteiger partial charge in [0.05, 0.1) is 16.9 Å². The SMILES string of the molecule is CCCCCNC(=O)c1ccc(-n2ncc(Cl)c(Cl)c2=O)cc1. The number of aromatic nitrogens is 2. The Morgan fingerprint density at radius 1 is 1.22 bits per heavy atom. The maximum absolute atomic E-state index is 12.0. The summed E-state index contributed by atoms with van der Waals surface area (Å²) in [5.41, 5.74) is 0.533. The van der Waals surface area contributed by atoms with Crippen molar-refractivity contribution in [2.24, 2.45) is 0 Å². The van der Waals surface area contributed by atoms with Gasteiger partial charge in [0.2, 0.25) is 0 Å². The van der Waals surface area contributed by atoms with Gasteiger partial charge < -0.3 is 5.32 Å². The van der Waals surface area contributed by atoms with Crippen molar-refractivity contribution < 1.29 is 4.79 Å². The van der Waals surface area contributed by atoms with Crippen LogP contribution in [0.1, 0.15) is 36.5 Å². The summed E-state index contributed by atoms with van der Waals surface area (Å²) >= 11 is 11.6. The topological polar surface area (TPSA) is 64.0 Å². The van der Waals surface area contributed by atoms with Gasteiger partial charge in [0.25, 0.3) is 11.5 Å². The number of benzene rings is 1. The molecule has 2 rings (SSSR count). The quantitative estimate of drug-likeness (QED) is 0.808. The van der Waals surface area contributed by atoms with E-state index in [1.54, 1.807) is 24.3 Å². The van der Waals surface area contributed by atoms with Crippen molar-refractivity contribution in [1.82, 2.24) is 15.1 Å². The number of hydrogen-bond acceptors (Lipinski definition) is 3. The molecule has 122 valence electrons. The molecular formula is C16H17Cl2N3O2. The van der Waals surface area contributed by atoms with Gasteiger partial charge in [0.1, 0.15) is 5.02 Å². The standard InChI is InChI=1S/C16H17Cl2N3O2/c1-2-3-4-9-19-15(22)11-5-7-12(8-6-11)21-16(23)14(18)13(17)10-20-21/h5-8,10H,2-4,9H2,1H3,(H,19,22). The van der Waals surface area contributed by atoms with E-state index >= 15 is 0 Å². The fourth-order valence-corrected chi connectivity index (χ4v) is 2.28. The molecular weight excluding hydrogens is 337 g/mol. The van der Waals surface area contributed by atoms with Gasteiger partial charge in [0, 0.05) is 12.1 Å². The summed E-state index contributed by atoms with van der Waals surface area (Å²) < 4.78 is 1.14. The second-order valence-electron chi connectivity index (χ2n) is 5.03. The third kappa shape index (κ3) is 4.33. The van der Waals surface area contributed by atoms with Gasteiger partial charge in [-0.05, 0) is 30.7 Å². The first-order chi connectivity index (χ1) is 11.0. The van der Waals surface area contributed by atoms with E-state index < -0.39 is 5.56 Å². The lowest BCUT2D eigenvalue weighted by Crippen LogP contribution is -2.25. The molecule has 23 heavy (non-hydrogen) atoms. The van der Waals surface area contributed by atoms with Crippen molar-refractivity contribution in [3.05, 3.63) is 56.4 Å². The summed E-state index contributed by atoms with van der Waals surface area (Å²) in [6.45, 7) is 2.77. The molecule has 1 N–H and O–H groups in total. The van der Waals surface area contributed by atoms with Crippen LogP contribution in [0.15, 0.2) is 35.3 Å². The highest BCUT2D eigenvalue weighted by Crippen LogP contribution is 2.16. The van der Waals surface area contributed by atoms with Crippen molar-refractivity contribution in [2.45, 2.75) is 26.2 Å². The predicted octanol–water partition coefficient (Wildman–Crippen LogP) is 3.46. The molecule has 0 aliphatic heterocycles. The lowest BCUT2D eigenvalue weighted by molar-refractivity contribution is 0.0953. The van der Waals surface area contributed by atoms with Crippen LogP contribution in [0, 0.1) is 0 Å². The Bertz CT molecular complexity index is 742. The Kier molecular flexibility index (Phi) is 6.19. The molecule has 1 heterocycles. The zero-order valence-corrected chi connectivity index (χ0v) is 14.2. The van der Waals surface area contributed by atoms with E-state index in [9.17, 15) is 9.59 Å². The molecule has 0 saturated carbocycles. The number of amides is 1. The molecule has 2 aromatic rings. The van der Waals surface area contributed by atoms with Crippen LogP contribution in [-0.2, 0) is 0 Å². The average Bonchev–Trinajstić information content (AvgIpc) is 2.57. The lowest BCUT2D eigenvalue weighted by atomic mass is 10.2. The van der Waals surface area contributed by atoms with Crippen LogP contribution in [0.25, 0.3) is 5.69 Å². The molecule has 0 spiro atoms. The van der Waals surface area contributed by atoms with Crippen molar-refractivity contribution in [3.8, 4) is 5.69 Å². The molecule has 7 heteroatoms. The highest BCUT2D eigenvalue weighted by atomic mass is 35.5. The molecule has 1 amide bonds. The minimum Gasteiger partial charge on any atom is -0.352 e. The fourth-order valence-electron chi connectivity index (χ4n) is 2.03. The van der Waals surface area contributed by atoms with Crippen LogP contribution in [0.2, 0.25) is 10.0 Å². The number of nitrogens with zero attached hydrogens (tertiary/aromatic N) is 2. The fraction of sp³-hybridized carbons (Fsp3) is 0.312.